The SMILES string of the molecule is Nc1cccc2c1C(=O)C=C1N(C(=O)c3cc4cc(NC(=O)c5cc6ccccc6[nH]5)ccc4[nH]3)CC3CC123. The number of para-hydroxylation sites is 1. The van der Waals surface area contributed by atoms with Gasteiger partial charge in [-0.1, -0.05) is 30.3 Å². The third kappa shape index (κ3) is 3.02. The Morgan fingerprint density at radius 3 is 2.59 bits per heavy atom. The van der Waals surface area contributed by atoms with Crippen LogP contribution in [0.1, 0.15) is 43.3 Å². The molecule has 2 atom stereocenters. The van der Waals surface area contributed by atoms with Crippen molar-refractivity contribution in [1.29, 1.82) is 0 Å². The van der Waals surface area contributed by atoms with Crippen LogP contribution in [0.15, 0.2) is 84.6 Å². The topological polar surface area (TPSA) is 124 Å². The number of carbonyl (C=O) groups excluding carboxylic acids is 3. The largest absolute Gasteiger partial charge is 0.398 e. The Morgan fingerprint density at radius 2 is 1.72 bits per heavy atom. The molecule has 8 rings (SSSR count). The summed E-state index contributed by atoms with van der Waals surface area (Å²) >= 11 is 0. The number of aromatic amines is 2. The summed E-state index contributed by atoms with van der Waals surface area (Å²) in [6, 6.07) is 22.4. The molecule has 3 aromatic carbocycles. The molecule has 2 fully saturated rings. The molecule has 0 radical (unpaired) electrons. The molecule has 2 amide bonds. The number of hydrogen-bond donors (Lipinski definition) is 4. The van der Waals surface area contributed by atoms with E-state index in [2.05, 4.69) is 15.3 Å². The van der Waals surface area contributed by atoms with Crippen molar-refractivity contribution in [2.45, 2.75) is 11.8 Å². The maximum absolute atomic E-state index is 13.7. The number of allylic oxidation sites excluding steroid dienone is 2. The summed E-state index contributed by atoms with van der Waals surface area (Å²) < 4.78 is 0. The highest BCUT2D eigenvalue weighted by molar-refractivity contribution is 6.13. The summed E-state index contributed by atoms with van der Waals surface area (Å²) in [5, 5.41) is 4.71. The van der Waals surface area contributed by atoms with Gasteiger partial charge in [-0.05, 0) is 60.4 Å². The van der Waals surface area contributed by atoms with Crippen molar-refractivity contribution in [3.8, 4) is 0 Å². The average molecular weight is 514 g/mol. The number of likely N-dealkylation sites (tertiary alicyclic amines) is 1. The molecule has 2 aromatic heterocycles. The van der Waals surface area contributed by atoms with Crippen molar-refractivity contribution in [3.63, 3.8) is 0 Å². The fraction of sp³-hybridized carbons (Fsp3) is 0.129. The van der Waals surface area contributed by atoms with Gasteiger partial charge in [0.25, 0.3) is 11.8 Å². The molecule has 8 heteroatoms. The number of nitrogens with one attached hydrogen (secondary N) is 3. The van der Waals surface area contributed by atoms with Crippen molar-refractivity contribution >= 4 is 50.8 Å². The minimum atomic E-state index is -0.305. The molecule has 1 saturated heterocycles. The molecule has 2 aliphatic carbocycles. The molecule has 3 heterocycles. The van der Waals surface area contributed by atoms with Gasteiger partial charge < -0.3 is 25.9 Å². The van der Waals surface area contributed by atoms with Crippen LogP contribution >= 0.6 is 0 Å². The minimum Gasteiger partial charge on any atom is -0.398 e. The van der Waals surface area contributed by atoms with E-state index in [0.29, 0.717) is 34.9 Å². The molecule has 39 heavy (non-hydrogen) atoms. The number of piperidine rings is 1. The van der Waals surface area contributed by atoms with Crippen molar-refractivity contribution in [2.75, 3.05) is 17.6 Å². The zero-order valence-corrected chi connectivity index (χ0v) is 20.7. The first-order chi connectivity index (χ1) is 18.9. The second-order valence-electron chi connectivity index (χ2n) is 10.7. The number of carbonyl (C=O) groups is 3. The number of amides is 2. The van der Waals surface area contributed by atoms with Crippen LogP contribution in [0.4, 0.5) is 11.4 Å². The fourth-order valence-corrected chi connectivity index (χ4v) is 6.57. The van der Waals surface area contributed by atoms with Crippen molar-refractivity contribution in [1.82, 2.24) is 14.9 Å². The minimum absolute atomic E-state index is 0.152. The van der Waals surface area contributed by atoms with Gasteiger partial charge in [0.05, 0.1) is 0 Å². The smallest absolute Gasteiger partial charge is 0.274 e. The number of rotatable bonds is 3. The van der Waals surface area contributed by atoms with Crippen molar-refractivity contribution in [2.24, 2.45) is 5.92 Å². The zero-order chi connectivity index (χ0) is 26.5. The molecule has 1 aliphatic heterocycles. The van der Waals surface area contributed by atoms with Crippen LogP contribution in [0.2, 0.25) is 0 Å². The first kappa shape index (κ1) is 21.9. The van der Waals surface area contributed by atoms with Gasteiger partial charge in [0.15, 0.2) is 5.78 Å². The monoisotopic (exact) mass is 513 g/mol. The van der Waals surface area contributed by atoms with Crippen LogP contribution in [0.5, 0.6) is 0 Å². The molecule has 0 bridgehead atoms. The predicted molar refractivity (Wildman–Crippen MR) is 149 cm³/mol. The first-order valence-corrected chi connectivity index (χ1v) is 12.9. The number of nitrogens with zero attached hydrogens (tertiary/aromatic N) is 1. The van der Waals surface area contributed by atoms with Crippen LogP contribution in [0.3, 0.4) is 0 Å². The molecule has 2 unspecified atom stereocenters. The summed E-state index contributed by atoms with van der Waals surface area (Å²) in [6.45, 7) is 0.563. The Bertz CT molecular complexity index is 1910. The summed E-state index contributed by atoms with van der Waals surface area (Å²) in [4.78, 5) is 47.7. The molecule has 1 spiro atoms. The highest BCUT2D eigenvalue weighted by Gasteiger charge is 2.67. The second kappa shape index (κ2) is 7.48. The average Bonchev–Trinajstić information content (AvgIpc) is 3.25. The molecule has 5 N–H and O–H groups in total. The molecular weight excluding hydrogens is 490 g/mol. The molecular formula is C31H23N5O3. The van der Waals surface area contributed by atoms with E-state index >= 15 is 0 Å². The van der Waals surface area contributed by atoms with Gasteiger partial charge in [-0.3, -0.25) is 14.4 Å². The number of nitrogens with two attached hydrogens (primary N) is 1. The van der Waals surface area contributed by atoms with E-state index in [1.165, 1.54) is 0 Å². The van der Waals surface area contributed by atoms with Gasteiger partial charge in [0.2, 0.25) is 0 Å². The number of fused-ring (bicyclic) bond motifs is 3. The number of nitrogen functional groups attached to an aromatic ring is 1. The lowest BCUT2D eigenvalue weighted by Crippen LogP contribution is -2.34. The van der Waals surface area contributed by atoms with Crippen LogP contribution in [0, 0.1) is 5.92 Å². The van der Waals surface area contributed by atoms with E-state index in [4.69, 9.17) is 5.73 Å². The molecule has 3 aliphatic rings. The highest BCUT2D eigenvalue weighted by atomic mass is 16.2. The van der Waals surface area contributed by atoms with Crippen molar-refractivity contribution in [3.05, 3.63) is 107 Å². The second-order valence-corrected chi connectivity index (χ2v) is 10.7. The Hall–Kier alpha value is -5.11. The number of H-pyrrole nitrogens is 2. The third-order valence-corrected chi connectivity index (χ3v) is 8.48. The van der Waals surface area contributed by atoms with E-state index in [-0.39, 0.29) is 28.9 Å². The van der Waals surface area contributed by atoms with Crippen LogP contribution < -0.4 is 11.1 Å². The van der Waals surface area contributed by atoms with E-state index in [1.807, 2.05) is 54.6 Å². The summed E-state index contributed by atoms with van der Waals surface area (Å²) in [5.74, 6) is -0.292. The number of aromatic nitrogens is 2. The van der Waals surface area contributed by atoms with Gasteiger partial charge >= 0.3 is 0 Å². The maximum atomic E-state index is 13.7. The maximum Gasteiger partial charge on any atom is 0.274 e. The molecule has 190 valence electrons. The fourth-order valence-electron chi connectivity index (χ4n) is 6.57. The van der Waals surface area contributed by atoms with Crippen LogP contribution in [-0.4, -0.2) is 39.0 Å². The lowest BCUT2D eigenvalue weighted by Gasteiger charge is -2.29. The Labute approximate surface area is 222 Å². The van der Waals surface area contributed by atoms with Crippen LogP contribution in [-0.2, 0) is 5.41 Å². The number of anilines is 2. The van der Waals surface area contributed by atoms with Crippen molar-refractivity contribution < 1.29 is 14.4 Å². The normalized spacial score (nSPS) is 20.9. The van der Waals surface area contributed by atoms with Gasteiger partial charge in [-0.15, -0.1) is 0 Å². The summed E-state index contributed by atoms with van der Waals surface area (Å²) in [7, 11) is 0. The first-order valence-electron chi connectivity index (χ1n) is 12.9. The van der Waals surface area contributed by atoms with Gasteiger partial charge in [-0.25, -0.2) is 0 Å². The van der Waals surface area contributed by atoms with E-state index < -0.39 is 0 Å². The van der Waals surface area contributed by atoms with E-state index in [1.54, 1.807) is 29.2 Å². The van der Waals surface area contributed by atoms with E-state index in [9.17, 15) is 14.4 Å². The van der Waals surface area contributed by atoms with Crippen LogP contribution in [0.25, 0.3) is 21.8 Å². The van der Waals surface area contributed by atoms with E-state index in [0.717, 1.165) is 39.5 Å². The number of ketones is 1. The van der Waals surface area contributed by atoms with Gasteiger partial charge in [0.1, 0.15) is 11.4 Å². The predicted octanol–water partition coefficient (Wildman–Crippen LogP) is 4.98. The summed E-state index contributed by atoms with van der Waals surface area (Å²) in [5.41, 5.74) is 11.8. The Kier molecular flexibility index (Phi) is 4.20. The quantitative estimate of drug-likeness (QED) is 0.254. The lowest BCUT2D eigenvalue weighted by molar-refractivity contribution is 0.0806. The standard InChI is InChI=1S/C31H23N5O3/c32-21-6-3-5-20-28(21)26(37)13-27-31(20)14-18(31)15-36(27)30(39)25-12-17-10-19(8-9-23(17)35-25)33-29(38)24-11-16-4-1-2-7-22(16)34-24/h1-13,18,34-35H,14-15,32H2,(H,33,38). The molecule has 1 saturated carbocycles. The summed E-state index contributed by atoms with van der Waals surface area (Å²) in [6.07, 6.45) is 2.52. The Balaban J connectivity index is 1.07. The van der Waals surface area contributed by atoms with Gasteiger partial charge in [-0.2, -0.15) is 0 Å². The number of hydrogen-bond acceptors (Lipinski definition) is 4. The Morgan fingerprint density at radius 1 is 0.923 bits per heavy atom. The van der Waals surface area contributed by atoms with Gasteiger partial charge in [0, 0.05) is 62.5 Å². The lowest BCUT2D eigenvalue weighted by atomic mass is 9.81. The zero-order valence-electron chi connectivity index (χ0n) is 20.7. The molecule has 8 nitrogen and oxygen atoms in total. The highest BCUT2D eigenvalue weighted by Crippen LogP contribution is 2.67. The molecule has 5 aromatic rings. The number of benzene rings is 3. The third-order valence-electron chi connectivity index (χ3n) is 8.48.